The normalized spacial score (nSPS) is 11.1. The molecule has 0 fully saturated rings. The van der Waals surface area contributed by atoms with Crippen molar-refractivity contribution in [3.05, 3.63) is 72.1 Å². The molecule has 5 nitrogen and oxygen atoms in total. The molecular formula is C27H35N3O2. The molecule has 170 valence electrons. The van der Waals surface area contributed by atoms with E-state index < -0.39 is 0 Å². The summed E-state index contributed by atoms with van der Waals surface area (Å²) in [4.78, 5) is 16.2. The van der Waals surface area contributed by atoms with Gasteiger partial charge in [0, 0.05) is 19.5 Å². The summed E-state index contributed by atoms with van der Waals surface area (Å²) in [6.45, 7) is 12.2. The van der Waals surface area contributed by atoms with Crippen LogP contribution in [0.15, 0.2) is 55.1 Å². The van der Waals surface area contributed by atoms with E-state index in [2.05, 4.69) is 73.6 Å². The summed E-state index contributed by atoms with van der Waals surface area (Å²) in [5, 5.41) is 2.84. The second-order valence-electron chi connectivity index (χ2n) is 8.52. The molecule has 0 radical (unpaired) electrons. The highest BCUT2D eigenvalue weighted by Crippen LogP contribution is 2.27. The first-order valence-electron chi connectivity index (χ1n) is 11.6. The van der Waals surface area contributed by atoms with Crippen molar-refractivity contribution in [2.45, 2.75) is 58.9 Å². The van der Waals surface area contributed by atoms with Crippen LogP contribution < -0.4 is 10.1 Å². The largest absolute Gasteiger partial charge is 0.493 e. The molecule has 0 aliphatic rings. The first-order valence-corrected chi connectivity index (χ1v) is 11.6. The Hall–Kier alpha value is -3.08. The molecule has 0 saturated carbocycles. The zero-order valence-corrected chi connectivity index (χ0v) is 19.6. The number of nitrogens with zero attached hydrogens (tertiary/aromatic N) is 2. The smallest absolute Gasteiger partial charge is 0.243 e. The van der Waals surface area contributed by atoms with Gasteiger partial charge in [0.2, 0.25) is 5.91 Å². The van der Waals surface area contributed by atoms with Crippen LogP contribution in [0.3, 0.4) is 0 Å². The van der Waals surface area contributed by atoms with Crippen molar-refractivity contribution in [1.82, 2.24) is 14.9 Å². The molecule has 1 aromatic heterocycles. The van der Waals surface area contributed by atoms with Crippen LogP contribution in [0.2, 0.25) is 0 Å². The third-order valence-electron chi connectivity index (χ3n) is 5.62. The quantitative estimate of drug-likeness (QED) is 0.300. The number of aryl methyl sites for hydroxylation is 3. The molecule has 1 N–H and O–H groups in total. The van der Waals surface area contributed by atoms with Crippen LogP contribution in [0.1, 0.15) is 56.0 Å². The van der Waals surface area contributed by atoms with Gasteiger partial charge in [0.15, 0.2) is 0 Å². The fourth-order valence-corrected chi connectivity index (χ4v) is 3.89. The van der Waals surface area contributed by atoms with Crippen molar-refractivity contribution in [2.75, 3.05) is 13.2 Å². The number of amides is 1. The highest BCUT2D eigenvalue weighted by atomic mass is 16.5. The van der Waals surface area contributed by atoms with Gasteiger partial charge in [-0.1, -0.05) is 44.7 Å². The number of carbonyl (C=O) groups excluding carboxylic acids is 1. The molecule has 3 aromatic rings. The number of unbranched alkanes of at least 4 members (excludes halogenated alkanes) is 1. The van der Waals surface area contributed by atoms with Gasteiger partial charge < -0.3 is 14.6 Å². The number of benzene rings is 2. The first kappa shape index (κ1) is 23.6. The summed E-state index contributed by atoms with van der Waals surface area (Å²) < 4.78 is 8.47. The molecule has 1 amide bonds. The fraction of sp³-hybridized carbons (Fsp3) is 0.407. The number of fused-ring (bicyclic) bond motifs is 1. The molecule has 0 unspecified atom stereocenters. The highest BCUT2D eigenvalue weighted by molar-refractivity contribution is 5.86. The lowest BCUT2D eigenvalue weighted by Gasteiger charge is -2.15. The maximum atomic E-state index is 11.4. The Morgan fingerprint density at radius 2 is 2.00 bits per heavy atom. The lowest BCUT2D eigenvalue weighted by molar-refractivity contribution is -0.116. The molecule has 2 aromatic carbocycles. The Kier molecular flexibility index (Phi) is 8.48. The topological polar surface area (TPSA) is 56.2 Å². The minimum atomic E-state index is -0.132. The molecule has 0 bridgehead atoms. The van der Waals surface area contributed by atoms with Crippen molar-refractivity contribution in [2.24, 2.45) is 0 Å². The SMILES string of the molecule is C=CC(=O)NCCCc1nc2ccccc2n1CCCCOc1cc(C)ccc1C(C)C. The van der Waals surface area contributed by atoms with Crippen LogP contribution in [0.25, 0.3) is 11.0 Å². The van der Waals surface area contributed by atoms with Crippen molar-refractivity contribution in [1.29, 1.82) is 0 Å². The molecule has 0 aliphatic heterocycles. The molecule has 0 aliphatic carbocycles. The molecule has 3 rings (SSSR count). The predicted octanol–water partition coefficient (Wildman–Crippen LogP) is 5.56. The molecule has 32 heavy (non-hydrogen) atoms. The predicted molar refractivity (Wildman–Crippen MR) is 131 cm³/mol. The fourth-order valence-electron chi connectivity index (χ4n) is 3.89. The van der Waals surface area contributed by atoms with Crippen LogP contribution in [0.5, 0.6) is 5.75 Å². The molecule has 1 heterocycles. The van der Waals surface area contributed by atoms with Gasteiger partial charge in [-0.3, -0.25) is 4.79 Å². The van der Waals surface area contributed by atoms with E-state index in [9.17, 15) is 4.79 Å². The first-order chi connectivity index (χ1) is 15.5. The summed E-state index contributed by atoms with van der Waals surface area (Å²) in [5.74, 6) is 2.39. The van der Waals surface area contributed by atoms with Gasteiger partial charge in [-0.2, -0.15) is 0 Å². The molecule has 0 saturated heterocycles. The molecule has 0 atom stereocenters. The lowest BCUT2D eigenvalue weighted by atomic mass is 10.0. The molecule has 0 spiro atoms. The lowest BCUT2D eigenvalue weighted by Crippen LogP contribution is -2.22. The standard InChI is InChI=1S/C27H35N3O2/c1-5-27(31)28-16-10-13-26-29-23-11-6-7-12-24(23)30(26)17-8-9-18-32-25-19-21(4)14-15-22(25)20(2)3/h5-7,11-12,14-15,19-20H,1,8-10,13,16-18H2,2-4H3,(H,28,31). The van der Waals surface area contributed by atoms with Crippen molar-refractivity contribution in [3.8, 4) is 5.75 Å². The minimum Gasteiger partial charge on any atom is -0.493 e. The van der Waals surface area contributed by atoms with Crippen LogP contribution in [0.4, 0.5) is 0 Å². The molecular weight excluding hydrogens is 398 g/mol. The third-order valence-corrected chi connectivity index (χ3v) is 5.62. The van der Waals surface area contributed by atoms with E-state index in [0.717, 1.165) is 49.3 Å². The van der Waals surface area contributed by atoms with Gasteiger partial charge in [0.25, 0.3) is 0 Å². The Balaban J connectivity index is 1.57. The van der Waals surface area contributed by atoms with E-state index in [0.29, 0.717) is 19.1 Å². The number of para-hydroxylation sites is 2. The average Bonchev–Trinajstić information content (AvgIpc) is 3.13. The van der Waals surface area contributed by atoms with E-state index in [1.807, 2.05) is 6.07 Å². The number of imidazole rings is 1. The maximum absolute atomic E-state index is 11.4. The number of ether oxygens (including phenoxy) is 1. The summed E-state index contributed by atoms with van der Waals surface area (Å²) in [7, 11) is 0. The summed E-state index contributed by atoms with van der Waals surface area (Å²) in [6.07, 6.45) is 4.97. The van der Waals surface area contributed by atoms with Crippen LogP contribution in [-0.2, 0) is 17.8 Å². The zero-order chi connectivity index (χ0) is 22.9. The van der Waals surface area contributed by atoms with Gasteiger partial charge in [0.05, 0.1) is 17.6 Å². The van der Waals surface area contributed by atoms with Gasteiger partial charge in [-0.25, -0.2) is 4.98 Å². The van der Waals surface area contributed by atoms with Crippen molar-refractivity contribution >= 4 is 16.9 Å². The maximum Gasteiger partial charge on any atom is 0.243 e. The van der Waals surface area contributed by atoms with E-state index in [1.54, 1.807) is 0 Å². The second-order valence-corrected chi connectivity index (χ2v) is 8.52. The monoisotopic (exact) mass is 433 g/mol. The number of nitrogens with one attached hydrogen (secondary N) is 1. The number of rotatable bonds is 12. The van der Waals surface area contributed by atoms with Gasteiger partial charge in [-0.15, -0.1) is 0 Å². The number of carbonyl (C=O) groups is 1. The van der Waals surface area contributed by atoms with Crippen molar-refractivity contribution in [3.63, 3.8) is 0 Å². The van der Waals surface area contributed by atoms with E-state index in [4.69, 9.17) is 9.72 Å². The number of hydrogen-bond donors (Lipinski definition) is 1. The Bertz CT molecular complexity index is 1050. The van der Waals surface area contributed by atoms with E-state index in [-0.39, 0.29) is 5.91 Å². The minimum absolute atomic E-state index is 0.132. The third kappa shape index (κ3) is 6.22. The molecule has 5 heteroatoms. The Labute approximate surface area is 191 Å². The average molecular weight is 434 g/mol. The summed E-state index contributed by atoms with van der Waals surface area (Å²) in [6, 6.07) is 14.7. The Morgan fingerprint density at radius 3 is 2.78 bits per heavy atom. The van der Waals surface area contributed by atoms with E-state index in [1.165, 1.54) is 22.7 Å². The van der Waals surface area contributed by atoms with Crippen molar-refractivity contribution < 1.29 is 9.53 Å². The van der Waals surface area contributed by atoms with Gasteiger partial charge >= 0.3 is 0 Å². The zero-order valence-electron chi connectivity index (χ0n) is 19.6. The summed E-state index contributed by atoms with van der Waals surface area (Å²) >= 11 is 0. The number of aromatic nitrogens is 2. The van der Waals surface area contributed by atoms with E-state index >= 15 is 0 Å². The van der Waals surface area contributed by atoms with Gasteiger partial charge in [-0.05, 0) is 67.5 Å². The Morgan fingerprint density at radius 1 is 1.19 bits per heavy atom. The van der Waals surface area contributed by atoms with Crippen LogP contribution in [-0.4, -0.2) is 28.6 Å². The second kappa shape index (κ2) is 11.5. The number of hydrogen-bond acceptors (Lipinski definition) is 3. The van der Waals surface area contributed by atoms with Crippen LogP contribution in [0, 0.1) is 6.92 Å². The highest BCUT2D eigenvalue weighted by Gasteiger charge is 2.11. The van der Waals surface area contributed by atoms with Crippen LogP contribution >= 0.6 is 0 Å². The van der Waals surface area contributed by atoms with Gasteiger partial charge in [0.1, 0.15) is 11.6 Å². The summed E-state index contributed by atoms with van der Waals surface area (Å²) in [5.41, 5.74) is 4.68.